The zero-order valence-electron chi connectivity index (χ0n) is 11.9. The molecule has 0 saturated carbocycles. The molecule has 0 aliphatic carbocycles. The van der Waals surface area contributed by atoms with E-state index in [1.54, 1.807) is 29.8 Å². The smallest absolute Gasteiger partial charge is 0.283 e. The molecular weight excluding hydrogens is 352 g/mol. The Balaban J connectivity index is 1.65. The Morgan fingerprint density at radius 1 is 1.13 bits per heavy atom. The van der Waals surface area contributed by atoms with Crippen LogP contribution in [0, 0.1) is 6.92 Å². The van der Waals surface area contributed by atoms with Gasteiger partial charge >= 0.3 is 0 Å². The molecule has 0 fully saturated rings. The first-order chi connectivity index (χ1) is 11.2. The lowest BCUT2D eigenvalue weighted by atomic mass is 10.2. The molecule has 0 radical (unpaired) electrons. The summed E-state index contributed by atoms with van der Waals surface area (Å²) in [6, 6.07) is 9.33. The molecule has 1 aromatic carbocycles. The van der Waals surface area contributed by atoms with Crippen LogP contribution in [0.15, 0.2) is 51.3 Å². The minimum atomic E-state index is 0.443. The van der Waals surface area contributed by atoms with Crippen molar-refractivity contribution in [2.75, 3.05) is 0 Å². The maximum atomic E-state index is 5.89. The topological polar surface area (TPSA) is 64.7 Å². The van der Waals surface area contributed by atoms with Crippen molar-refractivity contribution in [2.45, 2.75) is 17.2 Å². The number of thiophene rings is 1. The number of aryl methyl sites for hydroxylation is 1. The van der Waals surface area contributed by atoms with Crippen LogP contribution < -0.4 is 0 Å². The standard InChI is InChI=1S/C15H9ClN4OS2/c1-8-6-11-13(22-8)17-7-18-14(11)23-15-20-19-12(21-15)9-2-4-10(16)5-3-9/h2-7H,1H3. The van der Waals surface area contributed by atoms with Crippen LogP contribution in [0.3, 0.4) is 0 Å². The molecule has 114 valence electrons. The molecular formula is C15H9ClN4OS2. The highest BCUT2D eigenvalue weighted by Crippen LogP contribution is 2.34. The minimum absolute atomic E-state index is 0.443. The van der Waals surface area contributed by atoms with Gasteiger partial charge in [-0.1, -0.05) is 11.6 Å². The van der Waals surface area contributed by atoms with E-state index in [2.05, 4.69) is 26.2 Å². The second-order valence-corrected chi connectivity index (χ2v) is 7.35. The van der Waals surface area contributed by atoms with E-state index in [0.717, 1.165) is 20.8 Å². The summed E-state index contributed by atoms with van der Waals surface area (Å²) in [6.07, 6.45) is 1.55. The van der Waals surface area contributed by atoms with Gasteiger partial charge in [-0.25, -0.2) is 9.97 Å². The summed E-state index contributed by atoms with van der Waals surface area (Å²) < 4.78 is 5.71. The van der Waals surface area contributed by atoms with Crippen molar-refractivity contribution >= 4 is 44.9 Å². The van der Waals surface area contributed by atoms with Crippen LogP contribution in [0.4, 0.5) is 0 Å². The fourth-order valence-corrected chi connectivity index (χ4v) is 3.85. The van der Waals surface area contributed by atoms with E-state index in [1.165, 1.54) is 16.6 Å². The molecule has 0 unspecified atom stereocenters. The molecule has 8 heteroatoms. The first-order valence-electron chi connectivity index (χ1n) is 6.67. The SMILES string of the molecule is Cc1cc2c(Sc3nnc(-c4ccc(Cl)cc4)o3)ncnc2s1. The maximum Gasteiger partial charge on any atom is 0.283 e. The molecule has 0 bridgehead atoms. The van der Waals surface area contributed by atoms with Crippen LogP contribution >= 0.6 is 34.7 Å². The summed E-state index contributed by atoms with van der Waals surface area (Å²) in [5.41, 5.74) is 0.827. The molecule has 0 aliphatic rings. The Hall–Kier alpha value is -1.96. The average molecular weight is 361 g/mol. The lowest BCUT2D eigenvalue weighted by Crippen LogP contribution is -1.83. The van der Waals surface area contributed by atoms with Crippen molar-refractivity contribution in [3.05, 3.63) is 46.6 Å². The van der Waals surface area contributed by atoms with Gasteiger partial charge in [0.05, 0.1) is 0 Å². The van der Waals surface area contributed by atoms with Crippen LogP contribution in [0.5, 0.6) is 0 Å². The van der Waals surface area contributed by atoms with E-state index in [0.29, 0.717) is 16.1 Å². The van der Waals surface area contributed by atoms with Gasteiger partial charge in [-0.15, -0.1) is 21.5 Å². The van der Waals surface area contributed by atoms with Gasteiger partial charge in [0.15, 0.2) is 0 Å². The van der Waals surface area contributed by atoms with Gasteiger partial charge in [0, 0.05) is 20.8 Å². The molecule has 0 amide bonds. The fourth-order valence-electron chi connectivity index (χ4n) is 2.08. The number of fused-ring (bicyclic) bond motifs is 1. The molecule has 3 heterocycles. The summed E-state index contributed by atoms with van der Waals surface area (Å²) in [7, 11) is 0. The Labute approximate surface area is 144 Å². The molecule has 3 aromatic heterocycles. The Morgan fingerprint density at radius 2 is 1.96 bits per heavy atom. The van der Waals surface area contributed by atoms with Crippen molar-refractivity contribution in [3.63, 3.8) is 0 Å². The van der Waals surface area contributed by atoms with Gasteiger partial charge in [-0.05, 0) is 49.0 Å². The van der Waals surface area contributed by atoms with Crippen molar-refractivity contribution in [3.8, 4) is 11.5 Å². The van der Waals surface area contributed by atoms with Crippen LogP contribution in [-0.2, 0) is 0 Å². The zero-order valence-corrected chi connectivity index (χ0v) is 14.2. The van der Waals surface area contributed by atoms with Gasteiger partial charge in [-0.3, -0.25) is 0 Å². The molecule has 0 aliphatic heterocycles. The fraction of sp³-hybridized carbons (Fsp3) is 0.0667. The number of rotatable bonds is 3. The van der Waals surface area contributed by atoms with Gasteiger partial charge in [0.25, 0.3) is 5.22 Å². The van der Waals surface area contributed by atoms with Crippen molar-refractivity contribution in [1.29, 1.82) is 0 Å². The van der Waals surface area contributed by atoms with E-state index < -0.39 is 0 Å². The maximum absolute atomic E-state index is 5.89. The monoisotopic (exact) mass is 360 g/mol. The van der Waals surface area contributed by atoms with Crippen LogP contribution in [0.1, 0.15) is 4.88 Å². The highest BCUT2D eigenvalue weighted by molar-refractivity contribution is 7.99. The summed E-state index contributed by atoms with van der Waals surface area (Å²) >= 11 is 8.86. The van der Waals surface area contributed by atoms with E-state index >= 15 is 0 Å². The van der Waals surface area contributed by atoms with E-state index in [1.807, 2.05) is 19.1 Å². The third-order valence-corrected chi connectivity index (χ3v) is 5.17. The zero-order chi connectivity index (χ0) is 15.8. The molecule has 0 spiro atoms. The lowest BCUT2D eigenvalue weighted by molar-refractivity contribution is 0.465. The normalized spacial score (nSPS) is 11.2. The summed E-state index contributed by atoms with van der Waals surface area (Å²) in [5, 5.41) is 11.1. The quantitative estimate of drug-likeness (QED) is 0.486. The highest BCUT2D eigenvalue weighted by atomic mass is 35.5. The van der Waals surface area contributed by atoms with Crippen molar-refractivity contribution < 1.29 is 4.42 Å². The minimum Gasteiger partial charge on any atom is -0.411 e. The van der Waals surface area contributed by atoms with E-state index in [9.17, 15) is 0 Å². The molecule has 0 N–H and O–H groups in total. The second kappa shape index (κ2) is 5.92. The Morgan fingerprint density at radius 3 is 2.78 bits per heavy atom. The molecule has 0 atom stereocenters. The predicted octanol–water partition coefficient (Wildman–Crippen LogP) is 4.85. The summed E-state index contributed by atoms with van der Waals surface area (Å²) in [4.78, 5) is 10.7. The number of hydrogen-bond donors (Lipinski definition) is 0. The van der Waals surface area contributed by atoms with Crippen molar-refractivity contribution in [1.82, 2.24) is 20.2 Å². The van der Waals surface area contributed by atoms with Crippen LogP contribution in [-0.4, -0.2) is 20.2 Å². The average Bonchev–Trinajstić information content (AvgIpc) is 3.14. The number of benzene rings is 1. The van der Waals surface area contributed by atoms with Gasteiger partial charge in [0.1, 0.15) is 16.2 Å². The van der Waals surface area contributed by atoms with Crippen LogP contribution in [0.25, 0.3) is 21.7 Å². The number of nitrogens with zero attached hydrogens (tertiary/aromatic N) is 4. The molecule has 4 aromatic rings. The highest BCUT2D eigenvalue weighted by Gasteiger charge is 2.14. The largest absolute Gasteiger partial charge is 0.411 e. The number of aromatic nitrogens is 4. The van der Waals surface area contributed by atoms with Gasteiger partial charge < -0.3 is 4.42 Å². The second-order valence-electron chi connectivity index (χ2n) is 4.74. The summed E-state index contributed by atoms with van der Waals surface area (Å²) in [5.74, 6) is 0.455. The van der Waals surface area contributed by atoms with Gasteiger partial charge in [-0.2, -0.15) is 0 Å². The summed E-state index contributed by atoms with van der Waals surface area (Å²) in [6.45, 7) is 2.05. The molecule has 0 saturated heterocycles. The number of hydrogen-bond acceptors (Lipinski definition) is 7. The first kappa shape index (κ1) is 14.6. The first-order valence-corrected chi connectivity index (χ1v) is 8.68. The Bertz CT molecular complexity index is 981. The van der Waals surface area contributed by atoms with Crippen LogP contribution in [0.2, 0.25) is 5.02 Å². The predicted molar refractivity (Wildman–Crippen MR) is 91.0 cm³/mol. The number of halogens is 1. The third kappa shape index (κ3) is 2.95. The lowest BCUT2D eigenvalue weighted by Gasteiger charge is -1.97. The molecule has 5 nitrogen and oxygen atoms in total. The van der Waals surface area contributed by atoms with E-state index in [4.69, 9.17) is 16.0 Å². The van der Waals surface area contributed by atoms with E-state index in [-0.39, 0.29) is 0 Å². The van der Waals surface area contributed by atoms with Crippen molar-refractivity contribution in [2.24, 2.45) is 0 Å². The third-order valence-electron chi connectivity index (χ3n) is 3.10. The molecule has 23 heavy (non-hydrogen) atoms. The Kier molecular flexibility index (Phi) is 3.76. The molecule has 4 rings (SSSR count). The van der Waals surface area contributed by atoms with Gasteiger partial charge in [0.2, 0.25) is 5.89 Å².